The molecule has 0 radical (unpaired) electrons. The largest absolute Gasteiger partial charge is 0.379 e. The van der Waals surface area contributed by atoms with Gasteiger partial charge < -0.3 is 4.74 Å². The molecule has 136 valence electrons. The van der Waals surface area contributed by atoms with Crippen LogP contribution in [0, 0.1) is 5.82 Å². The number of hydrogen-bond donors (Lipinski definition) is 1. The molecule has 0 unspecified atom stereocenters. The van der Waals surface area contributed by atoms with Gasteiger partial charge in [0.05, 0.1) is 18.9 Å². The lowest BCUT2D eigenvalue weighted by atomic mass is 10.1. The van der Waals surface area contributed by atoms with Gasteiger partial charge in [-0.25, -0.2) is 9.82 Å². The maximum atomic E-state index is 12.9. The number of rotatable bonds is 5. The van der Waals surface area contributed by atoms with E-state index in [0.29, 0.717) is 11.3 Å². The summed E-state index contributed by atoms with van der Waals surface area (Å²) < 4.78 is 18.3. The Bertz CT molecular complexity index is 767. The molecule has 1 fully saturated rings. The highest BCUT2D eigenvalue weighted by molar-refractivity contribution is 6.00. The molecule has 3 rings (SSSR count). The molecule has 0 spiro atoms. The topological polar surface area (TPSA) is 53.9 Å². The Morgan fingerprint density at radius 2 is 1.69 bits per heavy atom. The maximum Gasteiger partial charge on any atom is 0.271 e. The third-order valence-corrected chi connectivity index (χ3v) is 4.31. The molecule has 2 aromatic rings. The molecular formula is C20H22FN3O2. The molecule has 1 aliphatic heterocycles. The quantitative estimate of drug-likeness (QED) is 0.663. The van der Waals surface area contributed by atoms with Gasteiger partial charge >= 0.3 is 0 Å². The second-order valence-corrected chi connectivity index (χ2v) is 6.23. The molecule has 1 aliphatic rings. The van der Waals surface area contributed by atoms with Crippen molar-refractivity contribution in [3.8, 4) is 0 Å². The minimum atomic E-state index is -0.303. The van der Waals surface area contributed by atoms with Gasteiger partial charge in [0.1, 0.15) is 5.82 Å². The first-order chi connectivity index (χ1) is 12.6. The first kappa shape index (κ1) is 18.2. The van der Waals surface area contributed by atoms with Crippen LogP contribution in [0.2, 0.25) is 0 Å². The van der Waals surface area contributed by atoms with Gasteiger partial charge in [-0.05, 0) is 42.3 Å². The van der Waals surface area contributed by atoms with E-state index >= 15 is 0 Å². The average Bonchev–Trinajstić information content (AvgIpc) is 2.68. The van der Waals surface area contributed by atoms with E-state index in [1.807, 2.05) is 12.1 Å². The molecule has 26 heavy (non-hydrogen) atoms. The Kier molecular flexibility index (Phi) is 6.09. The second kappa shape index (κ2) is 8.69. The van der Waals surface area contributed by atoms with Gasteiger partial charge in [0, 0.05) is 25.2 Å². The van der Waals surface area contributed by atoms with Crippen LogP contribution >= 0.6 is 0 Å². The van der Waals surface area contributed by atoms with Crippen LogP contribution in [0.15, 0.2) is 53.6 Å². The Hall–Kier alpha value is -2.57. The van der Waals surface area contributed by atoms with E-state index in [1.54, 1.807) is 31.2 Å². The standard InChI is InChI=1S/C20H22FN3O2/c1-15(17-6-8-19(21)9-7-17)22-23-20(25)18-4-2-16(3-5-18)14-24-10-12-26-13-11-24/h2-9H,10-14H2,1H3,(H,23,25)/b22-15-. The van der Waals surface area contributed by atoms with E-state index in [2.05, 4.69) is 15.4 Å². The van der Waals surface area contributed by atoms with E-state index in [1.165, 1.54) is 12.1 Å². The number of morpholine rings is 1. The molecule has 0 saturated carbocycles. The highest BCUT2D eigenvalue weighted by Gasteiger charge is 2.11. The fraction of sp³-hybridized carbons (Fsp3) is 0.300. The summed E-state index contributed by atoms with van der Waals surface area (Å²) in [5, 5.41) is 4.09. The molecule has 0 aliphatic carbocycles. The summed E-state index contributed by atoms with van der Waals surface area (Å²) in [7, 11) is 0. The zero-order chi connectivity index (χ0) is 18.4. The number of benzene rings is 2. The zero-order valence-corrected chi connectivity index (χ0v) is 14.7. The SMILES string of the molecule is C/C(=N/NC(=O)c1ccc(CN2CCOCC2)cc1)c1ccc(F)cc1. The van der Waals surface area contributed by atoms with Crippen LogP contribution in [0.4, 0.5) is 4.39 Å². The monoisotopic (exact) mass is 355 g/mol. The number of halogens is 1. The van der Waals surface area contributed by atoms with Crippen molar-refractivity contribution in [2.75, 3.05) is 26.3 Å². The third kappa shape index (κ3) is 4.97. The van der Waals surface area contributed by atoms with Gasteiger partial charge in [0.25, 0.3) is 5.91 Å². The Labute approximate surface area is 152 Å². The van der Waals surface area contributed by atoms with Crippen molar-refractivity contribution in [1.82, 2.24) is 10.3 Å². The van der Waals surface area contributed by atoms with E-state index in [9.17, 15) is 9.18 Å². The first-order valence-electron chi connectivity index (χ1n) is 8.61. The van der Waals surface area contributed by atoms with Gasteiger partial charge in [-0.3, -0.25) is 9.69 Å². The molecule has 1 amide bonds. The minimum absolute atomic E-state index is 0.274. The number of hydrogen-bond acceptors (Lipinski definition) is 4. The summed E-state index contributed by atoms with van der Waals surface area (Å²) in [4.78, 5) is 14.6. The van der Waals surface area contributed by atoms with Crippen LogP contribution in [0.3, 0.4) is 0 Å². The van der Waals surface area contributed by atoms with E-state index in [-0.39, 0.29) is 11.7 Å². The Morgan fingerprint density at radius 3 is 2.35 bits per heavy atom. The molecule has 5 nitrogen and oxygen atoms in total. The molecule has 0 atom stereocenters. The van der Waals surface area contributed by atoms with Crippen LogP contribution < -0.4 is 5.43 Å². The molecule has 0 bridgehead atoms. The summed E-state index contributed by atoms with van der Waals surface area (Å²) in [5.74, 6) is -0.577. The summed E-state index contributed by atoms with van der Waals surface area (Å²) in [6.45, 7) is 6.02. The number of nitrogens with one attached hydrogen (secondary N) is 1. The maximum absolute atomic E-state index is 12.9. The molecular weight excluding hydrogens is 333 g/mol. The molecule has 1 N–H and O–H groups in total. The van der Waals surface area contributed by atoms with Crippen molar-refractivity contribution in [1.29, 1.82) is 0 Å². The van der Waals surface area contributed by atoms with Gasteiger partial charge in [-0.1, -0.05) is 24.3 Å². The first-order valence-corrected chi connectivity index (χ1v) is 8.61. The summed E-state index contributed by atoms with van der Waals surface area (Å²) in [5.41, 5.74) is 5.62. The molecule has 1 saturated heterocycles. The van der Waals surface area contributed by atoms with Crippen LogP contribution in [0.1, 0.15) is 28.4 Å². The van der Waals surface area contributed by atoms with E-state index in [0.717, 1.165) is 44.0 Å². The summed E-state index contributed by atoms with van der Waals surface area (Å²) in [6.07, 6.45) is 0. The van der Waals surface area contributed by atoms with Crippen molar-refractivity contribution < 1.29 is 13.9 Å². The van der Waals surface area contributed by atoms with E-state index in [4.69, 9.17) is 4.74 Å². The number of carbonyl (C=O) groups excluding carboxylic acids is 1. The number of carbonyl (C=O) groups is 1. The van der Waals surface area contributed by atoms with Crippen LogP contribution in [-0.4, -0.2) is 42.8 Å². The molecule has 6 heteroatoms. The highest BCUT2D eigenvalue weighted by Crippen LogP contribution is 2.10. The van der Waals surface area contributed by atoms with Gasteiger partial charge in [0.15, 0.2) is 0 Å². The van der Waals surface area contributed by atoms with E-state index < -0.39 is 0 Å². The number of hydrazone groups is 1. The van der Waals surface area contributed by atoms with Crippen molar-refractivity contribution >= 4 is 11.6 Å². The lowest BCUT2D eigenvalue weighted by Crippen LogP contribution is -2.35. The lowest BCUT2D eigenvalue weighted by molar-refractivity contribution is 0.0342. The van der Waals surface area contributed by atoms with Crippen molar-refractivity contribution in [2.45, 2.75) is 13.5 Å². The molecule has 0 aromatic heterocycles. The lowest BCUT2D eigenvalue weighted by Gasteiger charge is -2.26. The van der Waals surface area contributed by atoms with Gasteiger partial charge in [-0.2, -0.15) is 5.10 Å². The number of nitrogens with zero attached hydrogens (tertiary/aromatic N) is 2. The normalized spacial score (nSPS) is 15.7. The Morgan fingerprint density at radius 1 is 1.08 bits per heavy atom. The fourth-order valence-corrected chi connectivity index (χ4v) is 2.73. The predicted molar refractivity (Wildman–Crippen MR) is 98.6 cm³/mol. The molecule has 1 heterocycles. The number of ether oxygens (including phenoxy) is 1. The van der Waals surface area contributed by atoms with Crippen LogP contribution in [-0.2, 0) is 11.3 Å². The molecule has 2 aromatic carbocycles. The van der Waals surface area contributed by atoms with Crippen molar-refractivity contribution in [3.63, 3.8) is 0 Å². The second-order valence-electron chi connectivity index (χ2n) is 6.23. The predicted octanol–water partition coefficient (Wildman–Crippen LogP) is 2.81. The van der Waals surface area contributed by atoms with Crippen LogP contribution in [0.5, 0.6) is 0 Å². The van der Waals surface area contributed by atoms with Crippen molar-refractivity contribution in [3.05, 3.63) is 71.0 Å². The third-order valence-electron chi connectivity index (χ3n) is 4.31. The summed E-state index contributed by atoms with van der Waals surface area (Å²) >= 11 is 0. The number of amides is 1. The summed E-state index contributed by atoms with van der Waals surface area (Å²) in [6, 6.07) is 13.5. The Balaban J connectivity index is 1.57. The van der Waals surface area contributed by atoms with Crippen LogP contribution in [0.25, 0.3) is 0 Å². The minimum Gasteiger partial charge on any atom is -0.379 e. The zero-order valence-electron chi connectivity index (χ0n) is 14.7. The van der Waals surface area contributed by atoms with Crippen molar-refractivity contribution in [2.24, 2.45) is 5.10 Å². The highest BCUT2D eigenvalue weighted by atomic mass is 19.1. The smallest absolute Gasteiger partial charge is 0.271 e. The fourth-order valence-electron chi connectivity index (χ4n) is 2.73. The average molecular weight is 355 g/mol. The van der Waals surface area contributed by atoms with Gasteiger partial charge in [-0.15, -0.1) is 0 Å². The van der Waals surface area contributed by atoms with Gasteiger partial charge in [0.2, 0.25) is 0 Å².